The fourth-order valence-electron chi connectivity index (χ4n) is 2.50. The van der Waals surface area contributed by atoms with E-state index in [-0.39, 0.29) is 22.6 Å². The van der Waals surface area contributed by atoms with Gasteiger partial charge in [-0.3, -0.25) is 4.79 Å². The summed E-state index contributed by atoms with van der Waals surface area (Å²) in [7, 11) is 1.12. The minimum atomic E-state index is -1.44. The zero-order valence-electron chi connectivity index (χ0n) is 16.3. The summed E-state index contributed by atoms with van der Waals surface area (Å²) >= 11 is 0.519. The number of carbonyl (C=O) groups excluding carboxylic acids is 3. The van der Waals surface area contributed by atoms with Crippen LogP contribution in [0.1, 0.15) is 17.3 Å². The van der Waals surface area contributed by atoms with Gasteiger partial charge in [0.25, 0.3) is 0 Å². The van der Waals surface area contributed by atoms with Gasteiger partial charge in [-0.25, -0.2) is 23.2 Å². The van der Waals surface area contributed by atoms with Crippen LogP contribution in [0.2, 0.25) is 0 Å². The Morgan fingerprint density at radius 3 is 2.42 bits per heavy atom. The third kappa shape index (κ3) is 6.51. The van der Waals surface area contributed by atoms with Crippen molar-refractivity contribution in [2.75, 3.05) is 12.9 Å². The van der Waals surface area contributed by atoms with E-state index >= 15 is 0 Å². The smallest absolute Gasteiger partial charge is 0.372 e. The molecule has 8 nitrogen and oxygen atoms in total. The van der Waals surface area contributed by atoms with E-state index in [1.807, 2.05) is 0 Å². The fraction of sp³-hybridized carbons (Fsp3) is 0.200. The molecule has 164 valence electrons. The average Bonchev–Trinajstić information content (AvgIpc) is 2.70. The highest BCUT2D eigenvalue weighted by molar-refractivity contribution is 8.13. The standard InChI is InChI=1S/C20H17F2NO7S/c1-10(24)23-16(19(27)29-2)9-31-20(28)30-17-6-3-11(7-14(17)18(25)26)13-5-4-12(21)8-15(13)22/h3-8,16H,9H2,1-2H3,(H,23,24)(H,25,26)/t16-/m1/s1. The average molecular weight is 453 g/mol. The van der Waals surface area contributed by atoms with Gasteiger partial charge in [0, 0.05) is 24.3 Å². The largest absolute Gasteiger partial charge is 0.478 e. The molecule has 31 heavy (non-hydrogen) atoms. The second-order valence-electron chi connectivity index (χ2n) is 6.08. The van der Waals surface area contributed by atoms with Gasteiger partial charge in [0.15, 0.2) is 0 Å². The van der Waals surface area contributed by atoms with E-state index in [0.717, 1.165) is 31.4 Å². The highest BCUT2D eigenvalue weighted by Crippen LogP contribution is 2.30. The molecule has 2 aromatic rings. The number of carboxylic acid groups (broad SMARTS) is 1. The highest BCUT2D eigenvalue weighted by Gasteiger charge is 2.23. The third-order valence-electron chi connectivity index (χ3n) is 3.88. The lowest BCUT2D eigenvalue weighted by Crippen LogP contribution is -2.42. The Morgan fingerprint density at radius 1 is 1.13 bits per heavy atom. The Bertz CT molecular complexity index is 1030. The number of carbonyl (C=O) groups is 4. The van der Waals surface area contributed by atoms with Crippen LogP contribution in [-0.4, -0.2) is 47.2 Å². The second kappa shape index (κ2) is 10.5. The molecule has 0 radical (unpaired) electrons. The number of hydrogen-bond donors (Lipinski definition) is 2. The molecular formula is C20H17F2NO7S. The SMILES string of the molecule is COC(=O)[C@@H](CSC(=O)Oc1ccc(-c2ccc(F)cc2F)cc1C(=O)O)NC(C)=O. The van der Waals surface area contributed by atoms with Gasteiger partial charge >= 0.3 is 17.2 Å². The number of benzene rings is 2. The van der Waals surface area contributed by atoms with Crippen molar-refractivity contribution in [2.24, 2.45) is 0 Å². The summed E-state index contributed by atoms with van der Waals surface area (Å²) in [5.74, 6) is -4.93. The predicted octanol–water partition coefficient (Wildman–Crippen LogP) is 3.24. The van der Waals surface area contributed by atoms with Crippen molar-refractivity contribution in [3.8, 4) is 16.9 Å². The van der Waals surface area contributed by atoms with Crippen molar-refractivity contribution < 1.29 is 42.5 Å². The molecule has 11 heteroatoms. The van der Waals surface area contributed by atoms with Crippen LogP contribution >= 0.6 is 11.8 Å². The highest BCUT2D eigenvalue weighted by atomic mass is 32.2. The number of thioether (sulfide) groups is 1. The van der Waals surface area contributed by atoms with Crippen LogP contribution < -0.4 is 10.1 Å². The Kier molecular flexibility index (Phi) is 8.08. The fourth-order valence-corrected chi connectivity index (χ4v) is 3.17. The molecule has 2 rings (SSSR count). The molecule has 0 saturated carbocycles. The number of nitrogens with one attached hydrogen (secondary N) is 1. The van der Waals surface area contributed by atoms with E-state index in [4.69, 9.17) is 4.74 Å². The lowest BCUT2D eigenvalue weighted by molar-refractivity contribution is -0.144. The van der Waals surface area contributed by atoms with Crippen molar-refractivity contribution in [1.29, 1.82) is 0 Å². The lowest BCUT2D eigenvalue weighted by atomic mass is 10.0. The summed E-state index contributed by atoms with van der Waals surface area (Å²) in [4.78, 5) is 46.5. The van der Waals surface area contributed by atoms with Gasteiger partial charge in [0.2, 0.25) is 5.91 Å². The minimum absolute atomic E-state index is 0.0348. The maximum atomic E-state index is 14.0. The van der Waals surface area contributed by atoms with Gasteiger partial charge in [-0.05, 0) is 41.6 Å². The van der Waals surface area contributed by atoms with Gasteiger partial charge in [0.1, 0.15) is 29.0 Å². The van der Waals surface area contributed by atoms with Crippen molar-refractivity contribution in [3.63, 3.8) is 0 Å². The molecule has 0 aromatic heterocycles. The number of ether oxygens (including phenoxy) is 2. The molecule has 0 saturated heterocycles. The molecule has 0 unspecified atom stereocenters. The Balaban J connectivity index is 2.18. The molecule has 0 fully saturated rings. The maximum absolute atomic E-state index is 14.0. The molecule has 1 amide bonds. The summed E-state index contributed by atoms with van der Waals surface area (Å²) < 4.78 is 36.7. The molecule has 0 spiro atoms. The van der Waals surface area contributed by atoms with Crippen molar-refractivity contribution in [2.45, 2.75) is 13.0 Å². The normalized spacial score (nSPS) is 11.4. The molecular weight excluding hydrogens is 436 g/mol. The first-order valence-corrected chi connectivity index (χ1v) is 9.63. The molecule has 0 heterocycles. The molecule has 0 bridgehead atoms. The Labute approximate surface area is 179 Å². The van der Waals surface area contributed by atoms with Gasteiger partial charge in [0.05, 0.1) is 7.11 Å². The van der Waals surface area contributed by atoms with Crippen LogP contribution in [0, 0.1) is 11.6 Å². The van der Waals surface area contributed by atoms with Gasteiger partial charge in [-0.1, -0.05) is 6.07 Å². The number of halogens is 2. The van der Waals surface area contributed by atoms with Crippen LogP contribution in [0.5, 0.6) is 5.75 Å². The molecule has 2 N–H and O–H groups in total. The molecule has 0 aliphatic heterocycles. The van der Waals surface area contributed by atoms with Crippen molar-refractivity contribution in [3.05, 3.63) is 53.6 Å². The number of methoxy groups -OCH3 is 1. The van der Waals surface area contributed by atoms with E-state index in [2.05, 4.69) is 10.1 Å². The number of hydrogen-bond acceptors (Lipinski definition) is 7. The molecule has 0 aliphatic carbocycles. The Morgan fingerprint density at radius 2 is 1.84 bits per heavy atom. The third-order valence-corrected chi connectivity index (χ3v) is 4.70. The summed E-state index contributed by atoms with van der Waals surface area (Å²) in [5.41, 5.74) is -0.326. The van der Waals surface area contributed by atoms with E-state index < -0.39 is 46.4 Å². The maximum Gasteiger partial charge on any atom is 0.372 e. The van der Waals surface area contributed by atoms with Gasteiger partial charge in [-0.15, -0.1) is 0 Å². The second-order valence-corrected chi connectivity index (χ2v) is 7.03. The molecule has 1 atom stereocenters. The van der Waals surface area contributed by atoms with Crippen LogP contribution in [0.3, 0.4) is 0 Å². The first kappa shape index (κ1) is 23.8. The first-order chi connectivity index (χ1) is 14.6. The molecule has 2 aromatic carbocycles. The summed E-state index contributed by atoms with van der Waals surface area (Å²) in [6.07, 6.45) is 0. The lowest BCUT2D eigenvalue weighted by Gasteiger charge is -2.15. The number of aromatic carboxylic acids is 1. The monoisotopic (exact) mass is 453 g/mol. The minimum Gasteiger partial charge on any atom is -0.478 e. The summed E-state index contributed by atoms with van der Waals surface area (Å²) in [5, 5.41) is 10.8. The van der Waals surface area contributed by atoms with Gasteiger partial charge in [-0.2, -0.15) is 0 Å². The zero-order chi connectivity index (χ0) is 23.1. The van der Waals surface area contributed by atoms with Crippen LogP contribution in [0.4, 0.5) is 13.6 Å². The number of carboxylic acids is 1. The van der Waals surface area contributed by atoms with Crippen molar-refractivity contribution >= 4 is 34.9 Å². The first-order valence-electron chi connectivity index (χ1n) is 8.64. The number of amides is 1. The van der Waals surface area contributed by atoms with E-state index in [0.29, 0.717) is 17.8 Å². The quantitative estimate of drug-likeness (QED) is 0.614. The van der Waals surface area contributed by atoms with Crippen LogP contribution in [-0.2, 0) is 14.3 Å². The summed E-state index contributed by atoms with van der Waals surface area (Å²) in [6, 6.07) is 5.28. The van der Waals surface area contributed by atoms with E-state index in [9.17, 15) is 33.1 Å². The predicted molar refractivity (Wildman–Crippen MR) is 107 cm³/mol. The van der Waals surface area contributed by atoms with Crippen LogP contribution in [0.25, 0.3) is 11.1 Å². The van der Waals surface area contributed by atoms with Crippen LogP contribution in [0.15, 0.2) is 36.4 Å². The summed E-state index contributed by atoms with van der Waals surface area (Å²) in [6.45, 7) is 1.18. The zero-order valence-corrected chi connectivity index (χ0v) is 17.1. The van der Waals surface area contributed by atoms with Gasteiger partial charge < -0.3 is 19.9 Å². The topological polar surface area (TPSA) is 119 Å². The van der Waals surface area contributed by atoms with E-state index in [1.165, 1.54) is 13.0 Å². The number of esters is 1. The Hall–Kier alpha value is -3.47. The molecule has 0 aliphatic rings. The van der Waals surface area contributed by atoms with E-state index in [1.54, 1.807) is 0 Å². The van der Waals surface area contributed by atoms with Crippen molar-refractivity contribution in [1.82, 2.24) is 5.32 Å². The number of rotatable bonds is 7.